The van der Waals surface area contributed by atoms with Crippen molar-refractivity contribution in [3.8, 4) is 0 Å². The van der Waals surface area contributed by atoms with Crippen LogP contribution in [-0.4, -0.2) is 44.3 Å². The Kier molecular flexibility index (Phi) is 3.22. The first-order valence-corrected chi connectivity index (χ1v) is 4.57. The monoisotopic (exact) mass is 256 g/mol. The first-order chi connectivity index (χ1) is 8.20. The van der Waals surface area contributed by atoms with Crippen molar-refractivity contribution in [2.24, 2.45) is 5.41 Å². The summed E-state index contributed by atoms with van der Waals surface area (Å²) in [5, 5.41) is 35.3. The predicted molar refractivity (Wildman–Crippen MR) is 53.8 cm³/mol. The average Bonchev–Trinajstić information content (AvgIpc) is 2.27. The molecule has 0 saturated carbocycles. The summed E-state index contributed by atoms with van der Waals surface area (Å²) in [5.41, 5.74) is -3.83. The Morgan fingerprint density at radius 3 is 1.78 bits per heavy atom. The lowest BCUT2D eigenvalue weighted by atomic mass is 9.76. The van der Waals surface area contributed by atoms with Gasteiger partial charge in [0, 0.05) is 12.0 Å². The van der Waals surface area contributed by atoms with Crippen molar-refractivity contribution < 1.29 is 39.6 Å². The molecule has 0 spiro atoms. The smallest absolute Gasteiger partial charge is 0.335 e. The molecule has 0 aromatic carbocycles. The van der Waals surface area contributed by atoms with E-state index in [0.29, 0.717) is 6.08 Å². The largest absolute Gasteiger partial charge is 0.480 e. The van der Waals surface area contributed by atoms with Gasteiger partial charge in [-0.2, -0.15) is 0 Å². The van der Waals surface area contributed by atoms with Crippen LogP contribution in [0.15, 0.2) is 23.3 Å². The number of aliphatic carboxylic acids is 4. The Bertz CT molecular complexity index is 496. The molecule has 0 amide bonds. The molecule has 1 aliphatic carbocycles. The Morgan fingerprint density at radius 2 is 1.44 bits per heavy atom. The van der Waals surface area contributed by atoms with Crippen molar-refractivity contribution in [3.05, 3.63) is 23.3 Å². The third kappa shape index (κ3) is 2.08. The molecule has 0 aromatic rings. The van der Waals surface area contributed by atoms with Crippen LogP contribution in [0.2, 0.25) is 0 Å². The lowest BCUT2D eigenvalue weighted by Crippen LogP contribution is -2.40. The number of carboxylic acid groups (broad SMARTS) is 4. The molecule has 1 rings (SSSR count). The predicted octanol–water partition coefficient (Wildman–Crippen LogP) is -0.432. The first-order valence-electron chi connectivity index (χ1n) is 4.57. The van der Waals surface area contributed by atoms with Crippen molar-refractivity contribution in [1.82, 2.24) is 0 Å². The molecular weight excluding hydrogens is 248 g/mol. The van der Waals surface area contributed by atoms with Gasteiger partial charge in [-0.05, 0) is 12.2 Å². The fourth-order valence-electron chi connectivity index (χ4n) is 1.52. The van der Waals surface area contributed by atoms with Gasteiger partial charge in [0.05, 0.1) is 5.57 Å². The van der Waals surface area contributed by atoms with Crippen molar-refractivity contribution in [1.29, 1.82) is 0 Å². The SMILES string of the molecule is O=C(O)C1=CC(C(=O)O)(C(=O)O)CC(C(=O)O)=C1. The van der Waals surface area contributed by atoms with Gasteiger partial charge in [-0.15, -0.1) is 0 Å². The molecule has 0 aromatic heterocycles. The van der Waals surface area contributed by atoms with Crippen LogP contribution in [0.4, 0.5) is 0 Å². The molecule has 0 atom stereocenters. The Labute approximate surface area is 99.5 Å². The minimum absolute atomic E-state index is 0.534. The number of hydrogen-bond donors (Lipinski definition) is 4. The van der Waals surface area contributed by atoms with E-state index in [0.717, 1.165) is 6.08 Å². The van der Waals surface area contributed by atoms with Crippen LogP contribution in [0.5, 0.6) is 0 Å². The molecule has 0 aliphatic heterocycles. The number of rotatable bonds is 4. The highest BCUT2D eigenvalue weighted by atomic mass is 16.4. The second-order valence-corrected chi connectivity index (χ2v) is 3.64. The Balaban J connectivity index is 3.46. The van der Waals surface area contributed by atoms with Gasteiger partial charge < -0.3 is 20.4 Å². The fourth-order valence-corrected chi connectivity index (χ4v) is 1.52. The minimum Gasteiger partial charge on any atom is -0.480 e. The van der Waals surface area contributed by atoms with Gasteiger partial charge in [-0.1, -0.05) is 0 Å². The molecule has 1 aliphatic rings. The van der Waals surface area contributed by atoms with Gasteiger partial charge in [0.15, 0.2) is 5.41 Å². The highest BCUT2D eigenvalue weighted by Gasteiger charge is 2.48. The second kappa shape index (κ2) is 4.32. The standard InChI is InChI=1S/C10H8O8/c11-6(12)4-1-5(7(13)14)3-10(2-4,8(15)16)9(17)18/h1-2H,3H2,(H,11,12)(H,13,14)(H,15,16)(H,17,18). The van der Waals surface area contributed by atoms with Gasteiger partial charge in [0.2, 0.25) is 0 Å². The molecular formula is C10H8O8. The summed E-state index contributed by atoms with van der Waals surface area (Å²) < 4.78 is 0. The topological polar surface area (TPSA) is 149 Å². The average molecular weight is 256 g/mol. The van der Waals surface area contributed by atoms with Gasteiger partial charge in [-0.25, -0.2) is 9.59 Å². The second-order valence-electron chi connectivity index (χ2n) is 3.64. The van der Waals surface area contributed by atoms with E-state index in [4.69, 9.17) is 20.4 Å². The van der Waals surface area contributed by atoms with E-state index >= 15 is 0 Å². The van der Waals surface area contributed by atoms with E-state index in [-0.39, 0.29) is 0 Å². The maximum atomic E-state index is 11.0. The third-order valence-corrected chi connectivity index (χ3v) is 2.49. The molecule has 0 radical (unpaired) electrons. The number of carboxylic acids is 4. The maximum Gasteiger partial charge on any atom is 0.335 e. The highest BCUT2D eigenvalue weighted by Crippen LogP contribution is 2.35. The van der Waals surface area contributed by atoms with Crippen LogP contribution >= 0.6 is 0 Å². The Morgan fingerprint density at radius 1 is 0.944 bits per heavy atom. The molecule has 0 unspecified atom stereocenters. The van der Waals surface area contributed by atoms with Crippen molar-refractivity contribution in [2.75, 3.05) is 0 Å². The molecule has 18 heavy (non-hydrogen) atoms. The van der Waals surface area contributed by atoms with E-state index in [1.54, 1.807) is 0 Å². The highest BCUT2D eigenvalue weighted by molar-refractivity contribution is 6.06. The van der Waals surface area contributed by atoms with E-state index in [1.165, 1.54) is 0 Å². The third-order valence-electron chi connectivity index (χ3n) is 2.49. The van der Waals surface area contributed by atoms with Crippen LogP contribution in [-0.2, 0) is 19.2 Å². The zero-order valence-corrected chi connectivity index (χ0v) is 8.78. The minimum atomic E-state index is -2.57. The molecule has 4 N–H and O–H groups in total. The lowest BCUT2D eigenvalue weighted by molar-refractivity contribution is -0.160. The molecule has 0 saturated heterocycles. The van der Waals surface area contributed by atoms with E-state index in [1.807, 2.05) is 0 Å². The normalized spacial score (nSPS) is 17.3. The molecule has 0 bridgehead atoms. The molecule has 8 heteroatoms. The summed E-state index contributed by atoms with van der Waals surface area (Å²) in [6, 6.07) is 0. The summed E-state index contributed by atoms with van der Waals surface area (Å²) in [7, 11) is 0. The van der Waals surface area contributed by atoms with E-state index in [9.17, 15) is 19.2 Å². The summed E-state index contributed by atoms with van der Waals surface area (Å²) in [6.07, 6.45) is 0.463. The zero-order chi connectivity index (χ0) is 14.1. The van der Waals surface area contributed by atoms with Crippen molar-refractivity contribution >= 4 is 23.9 Å². The van der Waals surface area contributed by atoms with Crippen LogP contribution in [0, 0.1) is 5.41 Å². The van der Waals surface area contributed by atoms with Gasteiger partial charge >= 0.3 is 23.9 Å². The van der Waals surface area contributed by atoms with Crippen LogP contribution in [0.3, 0.4) is 0 Å². The van der Waals surface area contributed by atoms with Crippen molar-refractivity contribution in [2.45, 2.75) is 6.42 Å². The quantitative estimate of drug-likeness (QED) is 0.495. The summed E-state index contributed by atoms with van der Waals surface area (Å²) in [6.45, 7) is 0. The van der Waals surface area contributed by atoms with Crippen LogP contribution < -0.4 is 0 Å². The van der Waals surface area contributed by atoms with E-state index in [2.05, 4.69) is 0 Å². The van der Waals surface area contributed by atoms with Gasteiger partial charge in [-0.3, -0.25) is 9.59 Å². The molecule has 96 valence electrons. The first kappa shape index (κ1) is 13.4. The van der Waals surface area contributed by atoms with Gasteiger partial charge in [0.1, 0.15) is 0 Å². The van der Waals surface area contributed by atoms with Gasteiger partial charge in [0.25, 0.3) is 0 Å². The van der Waals surface area contributed by atoms with E-state index < -0.39 is 46.9 Å². The lowest BCUT2D eigenvalue weighted by Gasteiger charge is -2.25. The van der Waals surface area contributed by atoms with Crippen LogP contribution in [0.25, 0.3) is 0 Å². The summed E-state index contributed by atoms with van der Waals surface area (Å²) in [5.74, 6) is -6.80. The van der Waals surface area contributed by atoms with Crippen molar-refractivity contribution in [3.63, 3.8) is 0 Å². The number of carbonyl (C=O) groups is 4. The summed E-state index contributed by atoms with van der Waals surface area (Å²) in [4.78, 5) is 43.6. The Hall–Kier alpha value is -2.64. The summed E-state index contributed by atoms with van der Waals surface area (Å²) >= 11 is 0. The molecule has 0 heterocycles. The maximum absolute atomic E-state index is 11.0. The molecule has 0 fully saturated rings. The zero-order valence-electron chi connectivity index (χ0n) is 8.78. The molecule has 8 nitrogen and oxygen atoms in total. The fraction of sp³-hybridized carbons (Fsp3) is 0.200. The number of hydrogen-bond acceptors (Lipinski definition) is 4. The van der Waals surface area contributed by atoms with Crippen LogP contribution in [0.1, 0.15) is 6.42 Å².